The van der Waals surface area contributed by atoms with Crippen molar-refractivity contribution >= 4 is 5.91 Å². The van der Waals surface area contributed by atoms with Crippen molar-refractivity contribution < 1.29 is 89.4 Å². The molecule has 590 valence electrons. The number of amides is 1. The Kier molecular flexibility index (Phi) is 57.1. The number of aliphatic hydroxyl groups excluding tert-OH is 11. The van der Waals surface area contributed by atoms with Gasteiger partial charge in [-0.25, -0.2) is 0 Å². The maximum Gasteiger partial charge on any atom is 0.220 e. The molecule has 17 atom stereocenters. The van der Waals surface area contributed by atoms with E-state index >= 15 is 0 Å². The lowest BCUT2D eigenvalue weighted by Gasteiger charge is -2.48. The van der Waals surface area contributed by atoms with Gasteiger partial charge in [-0.1, -0.05) is 297 Å². The summed E-state index contributed by atoms with van der Waals surface area (Å²) in [4.78, 5) is 13.5. The number of aliphatic hydroxyl groups is 11. The maximum absolute atomic E-state index is 13.5. The number of nitrogens with one attached hydrogen (secondary N) is 1. The smallest absolute Gasteiger partial charge is 0.220 e. The van der Waals surface area contributed by atoms with Crippen molar-refractivity contribution in [1.29, 1.82) is 0 Å². The normalized spacial score (nSPS) is 26.7. The maximum atomic E-state index is 13.5. The molecule has 0 aromatic carbocycles. The average Bonchev–Trinajstić information content (AvgIpc) is 0.781. The Morgan fingerprint density at radius 3 is 1.10 bits per heavy atom. The van der Waals surface area contributed by atoms with Gasteiger partial charge in [0, 0.05) is 6.42 Å². The van der Waals surface area contributed by atoms with Crippen LogP contribution in [0.15, 0.2) is 97.2 Å². The first-order chi connectivity index (χ1) is 49.8. The van der Waals surface area contributed by atoms with E-state index in [4.69, 9.17) is 28.4 Å². The molecule has 0 saturated carbocycles. The molecule has 3 fully saturated rings. The minimum absolute atomic E-state index is 0.234. The highest BCUT2D eigenvalue weighted by atomic mass is 16.8. The fraction of sp³-hybridized carbons (Fsp3) is 0.795. The minimum Gasteiger partial charge on any atom is -0.394 e. The highest BCUT2D eigenvalue weighted by molar-refractivity contribution is 5.76. The number of hydrogen-bond donors (Lipinski definition) is 12. The van der Waals surface area contributed by atoms with Crippen LogP contribution < -0.4 is 5.32 Å². The number of ether oxygens (including phenoxy) is 6. The van der Waals surface area contributed by atoms with E-state index in [1.54, 1.807) is 6.08 Å². The molecule has 3 rings (SSSR count). The zero-order chi connectivity index (χ0) is 73.9. The molecule has 19 heteroatoms. The van der Waals surface area contributed by atoms with Crippen LogP contribution in [0.1, 0.15) is 290 Å². The molecule has 0 spiro atoms. The van der Waals surface area contributed by atoms with Crippen molar-refractivity contribution in [3.8, 4) is 0 Å². The van der Waals surface area contributed by atoms with Gasteiger partial charge in [0.15, 0.2) is 18.9 Å². The number of rotatable bonds is 63. The topological polar surface area (TPSA) is 307 Å². The van der Waals surface area contributed by atoms with Gasteiger partial charge in [0.25, 0.3) is 0 Å². The zero-order valence-electron chi connectivity index (χ0n) is 63.1. The summed E-state index contributed by atoms with van der Waals surface area (Å²) < 4.78 is 34.4. The van der Waals surface area contributed by atoms with E-state index in [1.165, 1.54) is 180 Å². The quantitative estimate of drug-likeness (QED) is 0.0199. The Morgan fingerprint density at radius 2 is 0.686 bits per heavy atom. The second-order valence-electron chi connectivity index (χ2n) is 28.5. The lowest BCUT2D eigenvalue weighted by molar-refractivity contribution is -0.379. The predicted molar refractivity (Wildman–Crippen MR) is 406 cm³/mol. The van der Waals surface area contributed by atoms with Crippen molar-refractivity contribution in [2.24, 2.45) is 0 Å². The summed E-state index contributed by atoms with van der Waals surface area (Å²) in [6.45, 7) is 1.62. The van der Waals surface area contributed by atoms with Crippen LogP contribution in [0.4, 0.5) is 0 Å². The SMILES string of the molecule is CC/C=C\C/C=C\C/C=C\C/C=C\C/C=C\C/C=C\CCCCCCCCCCCCCCCCCCCCCCC(=O)NC(COC1OC(CO)C(OC2OC(CO)C(OC3OC(CO)C(O)C(O)C3O)C(O)C2O)C(O)C1O)C(O)/C=C/CC/C=C/CCCCCCCCCCCCCC. The van der Waals surface area contributed by atoms with Crippen LogP contribution >= 0.6 is 0 Å². The Hall–Kier alpha value is -3.29. The second-order valence-corrected chi connectivity index (χ2v) is 28.5. The lowest BCUT2D eigenvalue weighted by atomic mass is 9.96. The molecular formula is C83H145NO18. The van der Waals surface area contributed by atoms with Gasteiger partial charge >= 0.3 is 0 Å². The third-order valence-electron chi connectivity index (χ3n) is 19.6. The highest BCUT2D eigenvalue weighted by Gasteiger charge is 2.54. The summed E-state index contributed by atoms with van der Waals surface area (Å²) in [5.74, 6) is -0.284. The van der Waals surface area contributed by atoms with Gasteiger partial charge in [-0.2, -0.15) is 0 Å². The molecule has 19 nitrogen and oxygen atoms in total. The largest absolute Gasteiger partial charge is 0.394 e. The molecule has 0 bridgehead atoms. The monoisotopic (exact) mass is 1440 g/mol. The Morgan fingerprint density at radius 1 is 0.363 bits per heavy atom. The van der Waals surface area contributed by atoms with Crippen LogP contribution in [0.2, 0.25) is 0 Å². The molecule has 0 aromatic rings. The Labute approximate surface area is 615 Å². The van der Waals surface area contributed by atoms with Gasteiger partial charge in [-0.3, -0.25) is 4.79 Å². The molecular weight excluding hydrogens is 1300 g/mol. The molecule has 0 aliphatic carbocycles. The summed E-state index contributed by atoms with van der Waals surface area (Å²) in [7, 11) is 0. The van der Waals surface area contributed by atoms with E-state index in [0.717, 1.165) is 77.0 Å². The molecule has 17 unspecified atom stereocenters. The first kappa shape index (κ1) is 92.9. The fourth-order valence-corrected chi connectivity index (χ4v) is 13.2. The summed E-state index contributed by atoms with van der Waals surface area (Å²) >= 11 is 0. The number of carbonyl (C=O) groups excluding carboxylic acids is 1. The van der Waals surface area contributed by atoms with Crippen molar-refractivity contribution in [2.45, 2.75) is 394 Å². The number of carbonyl (C=O) groups is 1. The molecule has 3 aliphatic rings. The van der Waals surface area contributed by atoms with Gasteiger partial charge in [-0.05, 0) is 83.5 Å². The average molecular weight is 1450 g/mol. The first-order valence-corrected chi connectivity index (χ1v) is 40.5. The first-order valence-electron chi connectivity index (χ1n) is 40.5. The van der Waals surface area contributed by atoms with Gasteiger partial charge in [-0.15, -0.1) is 0 Å². The molecule has 12 N–H and O–H groups in total. The van der Waals surface area contributed by atoms with Crippen molar-refractivity contribution in [3.05, 3.63) is 97.2 Å². The summed E-state index contributed by atoms with van der Waals surface area (Å²) in [6.07, 6.45) is 58.3. The van der Waals surface area contributed by atoms with Gasteiger partial charge in [0.05, 0.1) is 38.6 Å². The van der Waals surface area contributed by atoms with Gasteiger partial charge in [0.2, 0.25) is 5.91 Å². The van der Waals surface area contributed by atoms with Gasteiger partial charge in [0.1, 0.15) is 73.2 Å². The van der Waals surface area contributed by atoms with E-state index in [-0.39, 0.29) is 18.9 Å². The van der Waals surface area contributed by atoms with Crippen LogP contribution in [0.25, 0.3) is 0 Å². The third-order valence-corrected chi connectivity index (χ3v) is 19.6. The number of hydrogen-bond acceptors (Lipinski definition) is 18. The molecule has 3 aliphatic heterocycles. The van der Waals surface area contributed by atoms with Crippen LogP contribution in [0.5, 0.6) is 0 Å². The van der Waals surface area contributed by atoms with Crippen molar-refractivity contribution in [1.82, 2.24) is 5.32 Å². The van der Waals surface area contributed by atoms with Crippen LogP contribution in [-0.4, -0.2) is 193 Å². The van der Waals surface area contributed by atoms with Crippen molar-refractivity contribution in [3.63, 3.8) is 0 Å². The third kappa shape index (κ3) is 42.3. The number of allylic oxidation sites excluding steroid dienone is 15. The zero-order valence-corrected chi connectivity index (χ0v) is 63.1. The fourth-order valence-electron chi connectivity index (χ4n) is 13.2. The van der Waals surface area contributed by atoms with Crippen molar-refractivity contribution in [2.75, 3.05) is 26.4 Å². The Bertz CT molecular complexity index is 2220. The Balaban J connectivity index is 1.32. The summed E-state index contributed by atoms with van der Waals surface area (Å²) in [6, 6.07) is -0.993. The van der Waals surface area contributed by atoms with E-state index in [2.05, 4.69) is 104 Å². The lowest BCUT2D eigenvalue weighted by Crippen LogP contribution is -2.66. The summed E-state index contributed by atoms with van der Waals surface area (Å²) in [5, 5.41) is 121. The summed E-state index contributed by atoms with van der Waals surface area (Å²) in [5.41, 5.74) is 0. The molecule has 3 saturated heterocycles. The standard InChI is InChI=1S/C83H145NO18/c1-3-5-7-9-11-13-15-17-19-21-23-24-25-26-27-28-29-30-31-32-33-34-35-36-37-38-39-40-41-42-43-45-47-49-51-53-55-57-59-61-71(89)84-66(67(88)60-58-56-54-52-50-48-46-44-22-20-18-16-14-12-10-8-6-4-2)65-97-81-77(95)74(92)79(69(63-86)99-81)102-83-78(96)75(93)80(70(64-87)100-83)101-82-76(94)73(91)72(90)68(62-85)98-82/h5,7,11,13,17,19,23-24,26-27,29-30,50,52,58,60,66-70,72-83,85-88,90-96H,3-4,6,8-10,12,14-16,18,20-22,25,28,31-49,51,53-57,59,61-65H2,1-2H3,(H,84,89)/b7-5-,13-11-,19-17-,24-23-,27-26-,30-29-,52-50+,60-58+. The molecule has 0 aromatic heterocycles. The van der Waals surface area contributed by atoms with E-state index in [1.807, 2.05) is 6.08 Å². The highest BCUT2D eigenvalue weighted by Crippen LogP contribution is 2.33. The van der Waals surface area contributed by atoms with Gasteiger partial charge < -0.3 is 89.9 Å². The minimum atomic E-state index is -1.98. The molecule has 1 amide bonds. The number of unbranched alkanes of at least 4 members (excludes halogenated alkanes) is 33. The van der Waals surface area contributed by atoms with E-state index < -0.39 is 124 Å². The predicted octanol–water partition coefficient (Wildman–Crippen LogP) is 13.6. The second kappa shape index (κ2) is 62.7. The van der Waals surface area contributed by atoms with Crippen LogP contribution in [0, 0.1) is 0 Å². The van der Waals surface area contributed by atoms with Crippen LogP contribution in [-0.2, 0) is 33.2 Å². The van der Waals surface area contributed by atoms with Crippen LogP contribution in [0.3, 0.4) is 0 Å². The molecule has 0 radical (unpaired) electrons. The van der Waals surface area contributed by atoms with E-state index in [0.29, 0.717) is 12.8 Å². The van der Waals surface area contributed by atoms with E-state index in [9.17, 15) is 61.0 Å². The molecule has 3 heterocycles. The molecule has 102 heavy (non-hydrogen) atoms.